The molecule has 1 aliphatic rings. The van der Waals surface area contributed by atoms with Gasteiger partial charge < -0.3 is 4.74 Å². The monoisotopic (exact) mass is 465 g/mol. The maximum Gasteiger partial charge on any atom is 0.278 e. The lowest BCUT2D eigenvalue weighted by molar-refractivity contribution is -0.386. The predicted octanol–water partition coefficient (Wildman–Crippen LogP) is 5.17. The summed E-state index contributed by atoms with van der Waals surface area (Å²) in [6.07, 6.45) is 2.16. The zero-order valence-corrected chi connectivity index (χ0v) is 19.1. The highest BCUT2D eigenvalue weighted by molar-refractivity contribution is 7.99. The standard InChI is InChI=1S/C23H23N5O4S/c1-3-4-9-14-33-23-24-21-20(25-26-23)16-10-5-7-12-18(16)27(15(2)29)22(32-21)17-11-6-8-13-19(17)28(30)31/h5-8,10-13,22H,3-4,9,14H2,1-2H3/t22-/m1/s1. The van der Waals surface area contributed by atoms with Crippen molar-refractivity contribution in [1.82, 2.24) is 15.2 Å². The Hall–Kier alpha value is -3.53. The fourth-order valence-corrected chi connectivity index (χ4v) is 4.47. The molecule has 10 heteroatoms. The van der Waals surface area contributed by atoms with Crippen molar-refractivity contribution >= 4 is 29.0 Å². The van der Waals surface area contributed by atoms with Gasteiger partial charge in [0, 0.05) is 24.3 Å². The van der Waals surface area contributed by atoms with Crippen molar-refractivity contribution in [2.75, 3.05) is 10.7 Å². The van der Waals surface area contributed by atoms with Crippen LogP contribution < -0.4 is 9.64 Å². The zero-order valence-electron chi connectivity index (χ0n) is 18.3. The summed E-state index contributed by atoms with van der Waals surface area (Å²) in [5.41, 5.74) is 1.62. The number of amides is 1. The van der Waals surface area contributed by atoms with Crippen molar-refractivity contribution in [3.05, 3.63) is 64.2 Å². The van der Waals surface area contributed by atoms with Crippen molar-refractivity contribution in [2.24, 2.45) is 0 Å². The number of ether oxygens (including phenoxy) is 1. The molecule has 9 nitrogen and oxygen atoms in total. The SMILES string of the molecule is CCCCCSc1nnc2c(n1)O[C@H](c1ccccc1[N+](=O)[O-])N(C(C)=O)c1ccccc1-2. The van der Waals surface area contributed by atoms with Crippen LogP contribution in [0, 0.1) is 10.1 Å². The highest BCUT2D eigenvalue weighted by Crippen LogP contribution is 2.44. The highest BCUT2D eigenvalue weighted by Gasteiger charge is 2.37. The Kier molecular flexibility index (Phi) is 6.83. The number of rotatable bonds is 7. The molecule has 1 atom stereocenters. The molecule has 0 saturated carbocycles. The lowest BCUT2D eigenvalue weighted by Crippen LogP contribution is -2.36. The molecule has 0 N–H and O–H groups in total. The lowest BCUT2D eigenvalue weighted by Gasteiger charge is -2.29. The quantitative estimate of drug-likeness (QED) is 0.203. The van der Waals surface area contributed by atoms with Gasteiger partial charge in [-0.15, -0.1) is 10.2 Å². The zero-order chi connectivity index (χ0) is 23.4. The summed E-state index contributed by atoms with van der Waals surface area (Å²) in [5, 5.41) is 20.8. The van der Waals surface area contributed by atoms with Gasteiger partial charge in [-0.05, 0) is 18.6 Å². The van der Waals surface area contributed by atoms with Gasteiger partial charge in [-0.25, -0.2) is 0 Å². The van der Waals surface area contributed by atoms with Gasteiger partial charge in [0.05, 0.1) is 16.2 Å². The largest absolute Gasteiger partial charge is 0.447 e. The van der Waals surface area contributed by atoms with Gasteiger partial charge in [0.15, 0.2) is 5.69 Å². The summed E-state index contributed by atoms with van der Waals surface area (Å²) in [4.78, 5) is 30.1. The normalized spacial score (nSPS) is 14.6. The second kappa shape index (κ2) is 9.95. The Bertz CT molecular complexity index is 1190. The van der Waals surface area contributed by atoms with Gasteiger partial charge >= 0.3 is 0 Å². The van der Waals surface area contributed by atoms with Crippen LogP contribution in [0.4, 0.5) is 11.4 Å². The molecule has 33 heavy (non-hydrogen) atoms. The van der Waals surface area contributed by atoms with Crippen LogP contribution in [0.5, 0.6) is 5.88 Å². The number of aromatic nitrogens is 3. The maximum absolute atomic E-state index is 12.8. The van der Waals surface area contributed by atoms with Gasteiger partial charge in [-0.3, -0.25) is 19.8 Å². The Balaban J connectivity index is 1.85. The third kappa shape index (κ3) is 4.65. The number of carbonyl (C=O) groups is 1. The molecule has 3 aromatic rings. The molecule has 4 rings (SSSR count). The van der Waals surface area contributed by atoms with Crippen LogP contribution in [0.25, 0.3) is 11.3 Å². The molecule has 0 aliphatic carbocycles. The summed E-state index contributed by atoms with van der Waals surface area (Å²) in [7, 11) is 0. The van der Waals surface area contributed by atoms with Crippen LogP contribution in [0.2, 0.25) is 0 Å². The molecule has 0 fully saturated rings. The minimum absolute atomic E-state index is 0.147. The molecular formula is C23H23N5O4S. The Morgan fingerprint density at radius 2 is 1.91 bits per heavy atom. The number of hydrogen-bond acceptors (Lipinski definition) is 8. The number of fused-ring (bicyclic) bond motifs is 3. The fourth-order valence-electron chi connectivity index (χ4n) is 3.69. The summed E-state index contributed by atoms with van der Waals surface area (Å²) in [6.45, 7) is 3.53. The van der Waals surface area contributed by atoms with Gasteiger partial charge in [-0.2, -0.15) is 4.98 Å². The van der Waals surface area contributed by atoms with Crippen LogP contribution in [0.3, 0.4) is 0 Å². The molecule has 0 radical (unpaired) electrons. The number of thioether (sulfide) groups is 1. The maximum atomic E-state index is 12.8. The first-order valence-electron chi connectivity index (χ1n) is 10.7. The third-order valence-electron chi connectivity index (χ3n) is 5.23. The van der Waals surface area contributed by atoms with E-state index in [2.05, 4.69) is 22.1 Å². The first kappa shape index (κ1) is 22.7. The smallest absolute Gasteiger partial charge is 0.278 e. The van der Waals surface area contributed by atoms with E-state index in [4.69, 9.17) is 4.74 Å². The summed E-state index contributed by atoms with van der Waals surface area (Å²) in [6, 6.07) is 13.4. The number of anilines is 1. The minimum Gasteiger partial charge on any atom is -0.447 e. The molecule has 0 saturated heterocycles. The Morgan fingerprint density at radius 3 is 2.67 bits per heavy atom. The average Bonchev–Trinajstić information content (AvgIpc) is 2.96. The number of para-hydroxylation sites is 2. The molecule has 2 aromatic carbocycles. The molecular weight excluding hydrogens is 442 g/mol. The summed E-state index contributed by atoms with van der Waals surface area (Å²) < 4.78 is 6.23. The molecule has 2 heterocycles. The van der Waals surface area contributed by atoms with Crippen LogP contribution in [-0.4, -0.2) is 31.8 Å². The van der Waals surface area contributed by atoms with E-state index in [0.717, 1.165) is 25.0 Å². The molecule has 1 aromatic heterocycles. The van der Waals surface area contributed by atoms with Crippen molar-refractivity contribution in [3.8, 4) is 17.1 Å². The van der Waals surface area contributed by atoms with Crippen molar-refractivity contribution in [3.63, 3.8) is 0 Å². The Morgan fingerprint density at radius 1 is 1.15 bits per heavy atom. The number of unbranched alkanes of at least 4 members (excludes halogenated alkanes) is 2. The number of hydrogen-bond donors (Lipinski definition) is 0. The first-order chi connectivity index (χ1) is 16.0. The number of carbonyl (C=O) groups excluding carboxylic acids is 1. The van der Waals surface area contributed by atoms with Gasteiger partial charge in [-0.1, -0.05) is 61.9 Å². The van der Waals surface area contributed by atoms with E-state index in [0.29, 0.717) is 22.1 Å². The van der Waals surface area contributed by atoms with E-state index in [1.165, 1.54) is 29.7 Å². The van der Waals surface area contributed by atoms with Crippen molar-refractivity contribution in [1.29, 1.82) is 0 Å². The second-order valence-corrected chi connectivity index (χ2v) is 8.56. The number of nitro benzene ring substituents is 1. The predicted molar refractivity (Wildman–Crippen MR) is 125 cm³/mol. The Labute approximate surface area is 195 Å². The summed E-state index contributed by atoms with van der Waals surface area (Å²) >= 11 is 1.48. The van der Waals surface area contributed by atoms with Crippen molar-refractivity contribution in [2.45, 2.75) is 44.5 Å². The van der Waals surface area contributed by atoms with Crippen molar-refractivity contribution < 1.29 is 14.5 Å². The fraction of sp³-hybridized carbons (Fsp3) is 0.304. The van der Waals surface area contributed by atoms with Crippen LogP contribution >= 0.6 is 11.8 Å². The van der Waals surface area contributed by atoms with Crippen LogP contribution in [0.1, 0.15) is 44.9 Å². The first-order valence-corrected chi connectivity index (χ1v) is 11.7. The van der Waals surface area contributed by atoms with E-state index in [-0.39, 0.29) is 23.0 Å². The highest BCUT2D eigenvalue weighted by atomic mass is 32.2. The molecule has 1 aliphatic heterocycles. The van der Waals surface area contributed by atoms with Crippen LogP contribution in [0.15, 0.2) is 53.7 Å². The van der Waals surface area contributed by atoms with Gasteiger partial charge in [0.25, 0.3) is 5.69 Å². The van der Waals surface area contributed by atoms with Gasteiger partial charge in [0.2, 0.25) is 23.2 Å². The topological polar surface area (TPSA) is 111 Å². The van der Waals surface area contributed by atoms with Gasteiger partial charge in [0.1, 0.15) is 0 Å². The van der Waals surface area contributed by atoms with E-state index in [1.807, 2.05) is 6.07 Å². The number of benzene rings is 2. The van der Waals surface area contributed by atoms with Crippen LogP contribution in [-0.2, 0) is 4.79 Å². The molecule has 0 spiro atoms. The van der Waals surface area contributed by atoms with E-state index < -0.39 is 11.2 Å². The third-order valence-corrected chi connectivity index (χ3v) is 6.15. The number of nitrogens with zero attached hydrogens (tertiary/aromatic N) is 5. The minimum atomic E-state index is -1.10. The lowest BCUT2D eigenvalue weighted by atomic mass is 10.1. The average molecular weight is 466 g/mol. The summed E-state index contributed by atoms with van der Waals surface area (Å²) in [5.74, 6) is 0.695. The second-order valence-electron chi connectivity index (χ2n) is 7.50. The molecule has 1 amide bonds. The molecule has 0 unspecified atom stereocenters. The molecule has 0 bridgehead atoms. The molecule has 170 valence electrons. The number of nitro groups is 1. The van der Waals surface area contributed by atoms with E-state index in [9.17, 15) is 14.9 Å². The van der Waals surface area contributed by atoms with E-state index in [1.54, 1.807) is 36.4 Å². The van der Waals surface area contributed by atoms with E-state index >= 15 is 0 Å².